The van der Waals surface area contributed by atoms with Gasteiger partial charge in [0.15, 0.2) is 0 Å². The highest BCUT2D eigenvalue weighted by Gasteiger charge is 2.57. The van der Waals surface area contributed by atoms with Crippen molar-refractivity contribution in [1.82, 2.24) is 14.8 Å². The Morgan fingerprint density at radius 1 is 1.26 bits per heavy atom. The molecule has 5 nitrogen and oxygen atoms in total. The van der Waals surface area contributed by atoms with E-state index in [1.165, 1.54) is 6.20 Å². The second-order valence-electron chi connectivity index (χ2n) is 7.90. The number of aromatic nitrogens is 3. The Labute approximate surface area is 155 Å². The van der Waals surface area contributed by atoms with E-state index in [1.807, 2.05) is 10.7 Å². The number of fused-ring (bicyclic) bond motifs is 1. The maximum absolute atomic E-state index is 13.2. The largest absolute Gasteiger partial charge is 0.419 e. The molecule has 2 aromatic heterocycles. The third-order valence-electron chi connectivity index (χ3n) is 6.12. The minimum atomic E-state index is -4.54. The summed E-state index contributed by atoms with van der Waals surface area (Å²) in [6.07, 6.45) is -0.264. The van der Waals surface area contributed by atoms with Gasteiger partial charge in [-0.05, 0) is 50.2 Å². The Morgan fingerprint density at radius 3 is 2.52 bits per heavy atom. The highest BCUT2D eigenvalue weighted by molar-refractivity contribution is 5.63. The van der Waals surface area contributed by atoms with Crippen molar-refractivity contribution in [3.05, 3.63) is 29.6 Å². The first kappa shape index (κ1) is 18.3. The van der Waals surface area contributed by atoms with Gasteiger partial charge in [-0.3, -0.25) is 4.68 Å². The van der Waals surface area contributed by atoms with Gasteiger partial charge < -0.3 is 11.5 Å². The van der Waals surface area contributed by atoms with Crippen LogP contribution in [0.3, 0.4) is 0 Å². The summed E-state index contributed by atoms with van der Waals surface area (Å²) in [5.74, 6) is 1.03. The number of hydrogen-bond donors (Lipinski definition) is 2. The van der Waals surface area contributed by atoms with Crippen LogP contribution < -0.4 is 11.5 Å². The van der Waals surface area contributed by atoms with Crippen molar-refractivity contribution in [2.45, 2.75) is 57.3 Å². The summed E-state index contributed by atoms with van der Waals surface area (Å²) in [6, 6.07) is 3.41. The van der Waals surface area contributed by atoms with Crippen LogP contribution in [0.2, 0.25) is 0 Å². The summed E-state index contributed by atoms with van der Waals surface area (Å²) in [6.45, 7) is 4.15. The van der Waals surface area contributed by atoms with E-state index < -0.39 is 17.6 Å². The Balaban J connectivity index is 1.73. The van der Waals surface area contributed by atoms with Crippen molar-refractivity contribution >= 4 is 5.82 Å². The predicted molar refractivity (Wildman–Crippen MR) is 96.8 cm³/mol. The van der Waals surface area contributed by atoms with Crippen LogP contribution in [0.1, 0.15) is 56.3 Å². The molecular weight excluding hydrogens is 355 g/mol. The lowest BCUT2D eigenvalue weighted by Crippen LogP contribution is -2.19. The average Bonchev–Trinajstić information content (AvgIpc) is 2.97. The molecule has 4 N–H and O–H groups in total. The summed E-state index contributed by atoms with van der Waals surface area (Å²) in [5, 5.41) is 4.65. The van der Waals surface area contributed by atoms with Gasteiger partial charge in [-0.1, -0.05) is 6.92 Å². The fourth-order valence-electron chi connectivity index (χ4n) is 4.49. The molecule has 8 heteroatoms. The normalized spacial score (nSPS) is 28.2. The third kappa shape index (κ3) is 3.09. The molecule has 3 unspecified atom stereocenters. The molecule has 27 heavy (non-hydrogen) atoms. The first-order valence-corrected chi connectivity index (χ1v) is 9.38. The zero-order chi connectivity index (χ0) is 19.5. The van der Waals surface area contributed by atoms with Crippen LogP contribution in [0.5, 0.6) is 0 Å². The fraction of sp³-hybridized carbons (Fsp3) is 0.579. The molecule has 2 saturated carbocycles. The van der Waals surface area contributed by atoms with Crippen molar-refractivity contribution in [3.8, 4) is 11.3 Å². The standard InChI is InChI=1S/C19H24F3N5/c1-3-9(2)27-16(17-12-5-11(23)6-13(12)17)7-15(26-27)10-4-14(19(20,21)22)18(24)25-8-10/h4,7-9,11-13,17H,3,5-6,23H2,1-2H3,(H2,24,25). The van der Waals surface area contributed by atoms with Crippen LogP contribution >= 0.6 is 0 Å². The second kappa shape index (κ2) is 6.22. The van der Waals surface area contributed by atoms with Crippen molar-refractivity contribution in [1.29, 1.82) is 0 Å². The number of rotatable bonds is 4. The van der Waals surface area contributed by atoms with E-state index in [1.54, 1.807) is 0 Å². The van der Waals surface area contributed by atoms with Gasteiger partial charge in [0.25, 0.3) is 0 Å². The quantitative estimate of drug-likeness (QED) is 0.842. The molecule has 0 aromatic carbocycles. The van der Waals surface area contributed by atoms with Gasteiger partial charge in [-0.2, -0.15) is 18.3 Å². The molecule has 4 rings (SSSR count). The first-order valence-electron chi connectivity index (χ1n) is 9.38. The molecule has 0 aliphatic heterocycles. The minimum Gasteiger partial charge on any atom is -0.383 e. The van der Waals surface area contributed by atoms with E-state index in [0.29, 0.717) is 29.0 Å². The number of alkyl halides is 3. The number of nitrogen functional groups attached to an aromatic ring is 1. The molecule has 2 aliphatic rings. The Kier molecular flexibility index (Phi) is 4.21. The van der Waals surface area contributed by atoms with Gasteiger partial charge in [0.1, 0.15) is 5.82 Å². The van der Waals surface area contributed by atoms with Crippen LogP contribution in [0.25, 0.3) is 11.3 Å². The summed E-state index contributed by atoms with van der Waals surface area (Å²) in [4.78, 5) is 3.75. The maximum Gasteiger partial charge on any atom is 0.419 e. The molecule has 0 saturated heterocycles. The molecule has 146 valence electrons. The van der Waals surface area contributed by atoms with Crippen molar-refractivity contribution in [3.63, 3.8) is 0 Å². The first-order chi connectivity index (χ1) is 12.7. The zero-order valence-electron chi connectivity index (χ0n) is 15.4. The highest BCUT2D eigenvalue weighted by Crippen LogP contribution is 2.63. The Bertz CT molecular complexity index is 848. The maximum atomic E-state index is 13.2. The number of pyridine rings is 1. The number of nitrogens with two attached hydrogens (primary N) is 2. The fourth-order valence-corrected chi connectivity index (χ4v) is 4.49. The Morgan fingerprint density at radius 2 is 1.93 bits per heavy atom. The third-order valence-corrected chi connectivity index (χ3v) is 6.12. The van der Waals surface area contributed by atoms with Crippen LogP contribution in [-0.2, 0) is 6.18 Å². The van der Waals surface area contributed by atoms with E-state index in [9.17, 15) is 13.2 Å². The number of halogens is 3. The van der Waals surface area contributed by atoms with Gasteiger partial charge in [0.2, 0.25) is 0 Å². The predicted octanol–water partition coefficient (Wildman–Crippen LogP) is 3.97. The molecular formula is C19H24F3N5. The van der Waals surface area contributed by atoms with Gasteiger partial charge in [0.05, 0.1) is 11.3 Å². The van der Waals surface area contributed by atoms with Gasteiger partial charge in [-0.15, -0.1) is 0 Å². The molecule has 0 bridgehead atoms. The van der Waals surface area contributed by atoms with E-state index in [4.69, 9.17) is 11.5 Å². The second-order valence-corrected chi connectivity index (χ2v) is 7.90. The summed E-state index contributed by atoms with van der Waals surface area (Å²) < 4.78 is 41.5. The molecule has 2 aliphatic carbocycles. The van der Waals surface area contributed by atoms with E-state index in [2.05, 4.69) is 23.9 Å². The van der Waals surface area contributed by atoms with E-state index in [-0.39, 0.29) is 12.1 Å². The van der Waals surface area contributed by atoms with Crippen LogP contribution in [0.15, 0.2) is 18.3 Å². The summed E-state index contributed by atoms with van der Waals surface area (Å²) in [7, 11) is 0. The Hall–Kier alpha value is -2.09. The van der Waals surface area contributed by atoms with Crippen molar-refractivity contribution in [2.24, 2.45) is 17.6 Å². The number of anilines is 1. The molecule has 0 spiro atoms. The molecule has 2 heterocycles. The van der Waals surface area contributed by atoms with E-state index in [0.717, 1.165) is 31.0 Å². The van der Waals surface area contributed by atoms with Gasteiger partial charge in [-0.25, -0.2) is 4.98 Å². The molecule has 0 radical (unpaired) electrons. The molecule has 2 aromatic rings. The molecule has 3 atom stereocenters. The van der Waals surface area contributed by atoms with Crippen molar-refractivity contribution in [2.75, 3.05) is 5.73 Å². The SMILES string of the molecule is CCC(C)n1nc(-c2cnc(N)c(C(F)(F)F)c2)cc1C1C2CC(N)CC21. The zero-order valence-corrected chi connectivity index (χ0v) is 15.4. The van der Waals surface area contributed by atoms with Crippen LogP contribution in [0, 0.1) is 11.8 Å². The summed E-state index contributed by atoms with van der Waals surface area (Å²) in [5.41, 5.74) is 12.5. The monoisotopic (exact) mass is 379 g/mol. The van der Waals surface area contributed by atoms with Gasteiger partial charge >= 0.3 is 6.18 Å². The molecule has 0 amide bonds. The summed E-state index contributed by atoms with van der Waals surface area (Å²) >= 11 is 0. The number of hydrogen-bond acceptors (Lipinski definition) is 4. The van der Waals surface area contributed by atoms with Crippen LogP contribution in [0.4, 0.5) is 19.0 Å². The lowest BCUT2D eigenvalue weighted by atomic mass is 10.0. The topological polar surface area (TPSA) is 82.8 Å². The minimum absolute atomic E-state index is 0.174. The van der Waals surface area contributed by atoms with E-state index >= 15 is 0 Å². The lowest BCUT2D eigenvalue weighted by molar-refractivity contribution is -0.137. The number of nitrogens with zero attached hydrogens (tertiary/aromatic N) is 3. The lowest BCUT2D eigenvalue weighted by Gasteiger charge is -2.15. The van der Waals surface area contributed by atoms with Crippen LogP contribution in [-0.4, -0.2) is 20.8 Å². The molecule has 2 fully saturated rings. The van der Waals surface area contributed by atoms with Crippen molar-refractivity contribution < 1.29 is 13.2 Å². The smallest absolute Gasteiger partial charge is 0.383 e. The average molecular weight is 379 g/mol. The van der Waals surface area contributed by atoms with Gasteiger partial charge in [0, 0.05) is 35.5 Å². The highest BCUT2D eigenvalue weighted by atomic mass is 19.4.